The SMILES string of the molecule is CCCOc1ccccc1/C=N\NC(=O)[C@H](CC(C)C)NC(=O)COc1ccccc1C. The quantitative estimate of drug-likeness (QED) is 0.388. The number of amides is 2. The number of hydrazone groups is 1. The summed E-state index contributed by atoms with van der Waals surface area (Å²) in [6, 6.07) is 14.2. The minimum absolute atomic E-state index is 0.169. The van der Waals surface area contributed by atoms with Crippen molar-refractivity contribution < 1.29 is 19.1 Å². The van der Waals surface area contributed by atoms with Crippen LogP contribution in [0.1, 0.15) is 44.7 Å². The first-order valence-electron chi connectivity index (χ1n) is 10.9. The molecule has 7 heteroatoms. The minimum Gasteiger partial charge on any atom is -0.493 e. The fraction of sp³-hybridized carbons (Fsp3) is 0.400. The number of nitrogens with zero attached hydrogens (tertiary/aromatic N) is 1. The molecule has 0 aliphatic carbocycles. The van der Waals surface area contributed by atoms with Crippen LogP contribution in [0, 0.1) is 12.8 Å². The van der Waals surface area contributed by atoms with Crippen LogP contribution in [0.15, 0.2) is 53.6 Å². The second-order valence-electron chi connectivity index (χ2n) is 7.92. The Balaban J connectivity index is 1.95. The van der Waals surface area contributed by atoms with Gasteiger partial charge in [-0.1, -0.05) is 51.1 Å². The summed E-state index contributed by atoms with van der Waals surface area (Å²) < 4.78 is 11.3. The van der Waals surface area contributed by atoms with Crippen LogP contribution in [0.2, 0.25) is 0 Å². The highest BCUT2D eigenvalue weighted by atomic mass is 16.5. The molecule has 0 fully saturated rings. The van der Waals surface area contributed by atoms with Crippen LogP contribution in [0.4, 0.5) is 0 Å². The third kappa shape index (κ3) is 8.41. The van der Waals surface area contributed by atoms with E-state index in [0.717, 1.165) is 17.5 Å². The van der Waals surface area contributed by atoms with Crippen LogP contribution in [-0.2, 0) is 9.59 Å². The smallest absolute Gasteiger partial charge is 0.262 e. The third-order valence-corrected chi connectivity index (χ3v) is 4.57. The van der Waals surface area contributed by atoms with Gasteiger partial charge in [-0.3, -0.25) is 9.59 Å². The number of nitrogens with one attached hydrogen (secondary N) is 2. The number of para-hydroxylation sites is 2. The second-order valence-corrected chi connectivity index (χ2v) is 7.92. The van der Waals surface area contributed by atoms with Crippen molar-refractivity contribution in [3.8, 4) is 11.5 Å². The summed E-state index contributed by atoms with van der Waals surface area (Å²) >= 11 is 0. The Morgan fingerprint density at radius 1 is 1.03 bits per heavy atom. The van der Waals surface area contributed by atoms with E-state index >= 15 is 0 Å². The zero-order valence-electron chi connectivity index (χ0n) is 19.3. The van der Waals surface area contributed by atoms with Gasteiger partial charge >= 0.3 is 0 Å². The maximum absolute atomic E-state index is 12.7. The molecular weight excluding hydrogens is 406 g/mol. The highest BCUT2D eigenvalue weighted by Crippen LogP contribution is 2.17. The molecule has 0 aromatic heterocycles. The number of aryl methyl sites for hydroxylation is 1. The van der Waals surface area contributed by atoms with Crippen molar-refractivity contribution in [2.45, 2.75) is 46.6 Å². The summed E-state index contributed by atoms with van der Waals surface area (Å²) in [6.07, 6.45) is 2.92. The molecule has 172 valence electrons. The Bertz CT molecular complexity index is 912. The molecule has 0 aliphatic heterocycles. The lowest BCUT2D eigenvalue weighted by Gasteiger charge is -2.19. The first kappa shape index (κ1) is 24.9. The number of rotatable bonds is 12. The number of hydrogen-bond acceptors (Lipinski definition) is 5. The molecule has 0 aliphatic rings. The Morgan fingerprint density at radius 3 is 2.41 bits per heavy atom. The molecule has 0 bridgehead atoms. The molecule has 2 aromatic carbocycles. The van der Waals surface area contributed by atoms with Crippen LogP contribution in [-0.4, -0.2) is 37.3 Å². The molecule has 2 rings (SSSR count). The lowest BCUT2D eigenvalue weighted by atomic mass is 10.0. The average molecular weight is 440 g/mol. The molecule has 7 nitrogen and oxygen atoms in total. The average Bonchev–Trinajstić information content (AvgIpc) is 2.77. The molecule has 1 atom stereocenters. The van der Waals surface area contributed by atoms with Gasteiger partial charge in [-0.15, -0.1) is 0 Å². The van der Waals surface area contributed by atoms with Gasteiger partial charge < -0.3 is 14.8 Å². The van der Waals surface area contributed by atoms with Gasteiger partial charge in [0, 0.05) is 5.56 Å². The number of carbonyl (C=O) groups is 2. The number of carbonyl (C=O) groups excluding carboxylic acids is 2. The molecule has 0 unspecified atom stereocenters. The Hall–Kier alpha value is -3.35. The lowest BCUT2D eigenvalue weighted by Crippen LogP contribution is -2.47. The largest absolute Gasteiger partial charge is 0.493 e. The molecule has 2 aromatic rings. The van der Waals surface area contributed by atoms with E-state index in [9.17, 15) is 9.59 Å². The molecule has 0 radical (unpaired) electrons. The highest BCUT2D eigenvalue weighted by molar-refractivity contribution is 5.89. The minimum atomic E-state index is -0.716. The predicted octanol–water partition coefficient (Wildman–Crippen LogP) is 3.84. The summed E-state index contributed by atoms with van der Waals surface area (Å²) in [7, 11) is 0. The zero-order valence-corrected chi connectivity index (χ0v) is 19.3. The molecule has 32 heavy (non-hydrogen) atoms. The first-order chi connectivity index (χ1) is 15.4. The Kier molecular flexibility index (Phi) is 10.2. The van der Waals surface area contributed by atoms with E-state index in [0.29, 0.717) is 24.5 Å². The van der Waals surface area contributed by atoms with E-state index in [4.69, 9.17) is 9.47 Å². The normalized spacial score (nSPS) is 11.9. The van der Waals surface area contributed by atoms with Gasteiger partial charge in [0.05, 0.1) is 12.8 Å². The summed E-state index contributed by atoms with van der Waals surface area (Å²) in [5, 5.41) is 6.82. The van der Waals surface area contributed by atoms with Crippen LogP contribution < -0.4 is 20.2 Å². The fourth-order valence-electron chi connectivity index (χ4n) is 2.97. The van der Waals surface area contributed by atoms with E-state index in [-0.39, 0.29) is 24.3 Å². The van der Waals surface area contributed by atoms with E-state index in [2.05, 4.69) is 15.8 Å². The van der Waals surface area contributed by atoms with Gasteiger partial charge in [0.2, 0.25) is 0 Å². The predicted molar refractivity (Wildman–Crippen MR) is 126 cm³/mol. The van der Waals surface area contributed by atoms with Crippen molar-refractivity contribution in [1.29, 1.82) is 0 Å². The summed E-state index contributed by atoms with van der Waals surface area (Å²) in [4.78, 5) is 25.1. The topological polar surface area (TPSA) is 89.0 Å². The Labute approximate surface area is 190 Å². The van der Waals surface area contributed by atoms with Crippen LogP contribution >= 0.6 is 0 Å². The van der Waals surface area contributed by atoms with Crippen LogP contribution in [0.25, 0.3) is 0 Å². The lowest BCUT2D eigenvalue weighted by molar-refractivity contribution is -0.130. The first-order valence-corrected chi connectivity index (χ1v) is 10.9. The highest BCUT2D eigenvalue weighted by Gasteiger charge is 2.22. The van der Waals surface area contributed by atoms with Gasteiger partial charge in [0.15, 0.2) is 6.61 Å². The van der Waals surface area contributed by atoms with Crippen LogP contribution in [0.3, 0.4) is 0 Å². The second kappa shape index (κ2) is 13.1. The van der Waals surface area contributed by atoms with E-state index in [1.54, 1.807) is 12.3 Å². The van der Waals surface area contributed by atoms with Gasteiger partial charge in [-0.2, -0.15) is 5.10 Å². The van der Waals surface area contributed by atoms with Gasteiger partial charge in [0.1, 0.15) is 17.5 Å². The molecule has 0 spiro atoms. The van der Waals surface area contributed by atoms with Crippen molar-refractivity contribution in [3.05, 3.63) is 59.7 Å². The zero-order chi connectivity index (χ0) is 23.3. The van der Waals surface area contributed by atoms with E-state index < -0.39 is 6.04 Å². The molecule has 2 N–H and O–H groups in total. The molecular formula is C25H33N3O4. The van der Waals surface area contributed by atoms with Crippen molar-refractivity contribution in [2.24, 2.45) is 11.0 Å². The van der Waals surface area contributed by atoms with E-state index in [1.165, 1.54) is 0 Å². The van der Waals surface area contributed by atoms with Gasteiger partial charge in [-0.05, 0) is 49.4 Å². The third-order valence-electron chi connectivity index (χ3n) is 4.57. The van der Waals surface area contributed by atoms with Gasteiger partial charge in [-0.25, -0.2) is 5.43 Å². The van der Waals surface area contributed by atoms with Crippen molar-refractivity contribution in [1.82, 2.24) is 10.7 Å². The number of ether oxygens (including phenoxy) is 2. The summed E-state index contributed by atoms with van der Waals surface area (Å²) in [5.74, 6) is 0.798. The number of hydrogen-bond donors (Lipinski definition) is 2. The van der Waals surface area contributed by atoms with Crippen molar-refractivity contribution in [3.63, 3.8) is 0 Å². The molecule has 2 amide bonds. The maximum atomic E-state index is 12.7. The molecule has 0 saturated heterocycles. The molecule has 0 heterocycles. The Morgan fingerprint density at radius 2 is 1.72 bits per heavy atom. The standard InChI is InChI=1S/C25H33N3O4/c1-5-14-31-23-13-9-7-11-20(23)16-26-28-25(30)21(15-18(2)3)27-24(29)17-32-22-12-8-6-10-19(22)4/h6-13,16,18,21H,5,14-15,17H2,1-4H3,(H,27,29)(H,28,30)/b26-16-/t21-/m0/s1. The number of benzene rings is 2. The monoisotopic (exact) mass is 439 g/mol. The maximum Gasteiger partial charge on any atom is 0.262 e. The summed E-state index contributed by atoms with van der Waals surface area (Å²) in [6.45, 7) is 8.35. The fourth-order valence-corrected chi connectivity index (χ4v) is 2.97. The van der Waals surface area contributed by atoms with Crippen molar-refractivity contribution >= 4 is 18.0 Å². The van der Waals surface area contributed by atoms with Crippen LogP contribution in [0.5, 0.6) is 11.5 Å². The summed E-state index contributed by atoms with van der Waals surface area (Å²) in [5.41, 5.74) is 4.23. The van der Waals surface area contributed by atoms with E-state index in [1.807, 2.05) is 70.2 Å². The van der Waals surface area contributed by atoms with Gasteiger partial charge in [0.25, 0.3) is 11.8 Å². The van der Waals surface area contributed by atoms with Crippen molar-refractivity contribution in [2.75, 3.05) is 13.2 Å². The molecule has 0 saturated carbocycles.